The molecule has 2 rings (SSSR count). The van der Waals surface area contributed by atoms with E-state index in [1.165, 1.54) is 0 Å². The third-order valence-corrected chi connectivity index (χ3v) is 3.15. The largest absolute Gasteiger partial charge is 0.493 e. The van der Waals surface area contributed by atoms with Crippen molar-refractivity contribution in [2.24, 2.45) is 0 Å². The van der Waals surface area contributed by atoms with Crippen LogP contribution in [-0.4, -0.2) is 25.2 Å². The lowest BCUT2D eigenvalue weighted by Gasteiger charge is -2.11. The number of hydrogen-bond acceptors (Lipinski definition) is 4. The maximum absolute atomic E-state index is 11.6. The first kappa shape index (κ1) is 13.8. The van der Waals surface area contributed by atoms with Gasteiger partial charge in [0.05, 0.1) is 14.2 Å². The number of carbonyl (C=O) groups is 1. The molecule has 19 heavy (non-hydrogen) atoms. The van der Waals surface area contributed by atoms with Crippen LogP contribution in [0.2, 0.25) is 0 Å². The number of ether oxygens (including phenoxy) is 2. The van der Waals surface area contributed by atoms with Crippen molar-refractivity contribution in [3.8, 4) is 11.5 Å². The summed E-state index contributed by atoms with van der Waals surface area (Å²) in [7, 11) is 3.09. The summed E-state index contributed by atoms with van der Waals surface area (Å²) in [5.74, 6) is 0.848. The van der Waals surface area contributed by atoms with E-state index in [1.807, 2.05) is 6.07 Å². The molecule has 0 unspecified atom stereocenters. The number of carbonyl (C=O) groups excluding carboxylic acids is 1. The van der Waals surface area contributed by atoms with Crippen LogP contribution in [0.15, 0.2) is 22.3 Å². The van der Waals surface area contributed by atoms with Crippen LogP contribution in [0, 0.1) is 0 Å². The van der Waals surface area contributed by atoms with Gasteiger partial charge in [0.25, 0.3) is 5.91 Å². The normalized spacial score (nSPS) is 16.3. The van der Waals surface area contributed by atoms with Gasteiger partial charge >= 0.3 is 0 Å². The number of hydrogen-bond donors (Lipinski definition) is 2. The van der Waals surface area contributed by atoms with E-state index in [-0.39, 0.29) is 11.0 Å². The summed E-state index contributed by atoms with van der Waals surface area (Å²) >= 11 is 8.26. The molecule has 1 aromatic rings. The second-order valence-corrected chi connectivity index (χ2v) is 5.02. The molecule has 0 aliphatic carbocycles. The summed E-state index contributed by atoms with van der Waals surface area (Å²) < 4.78 is 11.4. The first-order chi connectivity index (χ1) is 9.05. The molecule has 0 bridgehead atoms. The molecule has 0 spiro atoms. The van der Waals surface area contributed by atoms with Crippen LogP contribution in [0.5, 0.6) is 11.5 Å². The summed E-state index contributed by atoms with van der Waals surface area (Å²) in [6, 6.07) is 3.61. The summed E-state index contributed by atoms with van der Waals surface area (Å²) in [5.41, 5.74) is 1.07. The molecule has 100 valence electrons. The smallest absolute Gasteiger partial charge is 0.273 e. The third-order valence-electron chi connectivity index (χ3n) is 2.49. The lowest BCUT2D eigenvalue weighted by Crippen LogP contribution is -2.21. The summed E-state index contributed by atoms with van der Waals surface area (Å²) in [4.78, 5) is 11.6. The lowest BCUT2D eigenvalue weighted by atomic mass is 10.1. The molecule has 0 atom stereocenters. The molecular formula is C12H11BrN2O3S. The highest BCUT2D eigenvalue weighted by molar-refractivity contribution is 9.10. The molecule has 0 radical (unpaired) electrons. The van der Waals surface area contributed by atoms with Gasteiger partial charge in [-0.1, -0.05) is 15.9 Å². The number of methoxy groups -OCH3 is 2. The van der Waals surface area contributed by atoms with Crippen molar-refractivity contribution in [2.75, 3.05) is 14.2 Å². The van der Waals surface area contributed by atoms with Crippen LogP contribution in [-0.2, 0) is 4.79 Å². The van der Waals surface area contributed by atoms with Gasteiger partial charge in [0.1, 0.15) is 5.70 Å². The minimum Gasteiger partial charge on any atom is -0.493 e. The van der Waals surface area contributed by atoms with E-state index in [0.29, 0.717) is 22.8 Å². The average molecular weight is 343 g/mol. The highest BCUT2D eigenvalue weighted by Gasteiger charge is 2.21. The van der Waals surface area contributed by atoms with Crippen molar-refractivity contribution in [1.29, 1.82) is 0 Å². The Hall–Kier alpha value is -1.60. The van der Waals surface area contributed by atoms with Gasteiger partial charge in [-0.3, -0.25) is 10.1 Å². The molecule has 0 saturated carbocycles. The minimum atomic E-state index is -0.272. The second-order valence-electron chi connectivity index (χ2n) is 3.70. The van der Waals surface area contributed by atoms with E-state index in [0.717, 1.165) is 4.47 Å². The van der Waals surface area contributed by atoms with Crippen LogP contribution in [0.4, 0.5) is 0 Å². The Labute approximate surface area is 124 Å². The average Bonchev–Trinajstić information content (AvgIpc) is 2.67. The second kappa shape index (κ2) is 5.58. The van der Waals surface area contributed by atoms with Gasteiger partial charge in [0.2, 0.25) is 0 Å². The Kier molecular flexibility index (Phi) is 4.06. The zero-order chi connectivity index (χ0) is 14.0. The van der Waals surface area contributed by atoms with E-state index in [4.69, 9.17) is 21.7 Å². The first-order valence-electron chi connectivity index (χ1n) is 5.30. The Morgan fingerprint density at radius 2 is 2.00 bits per heavy atom. The lowest BCUT2D eigenvalue weighted by molar-refractivity contribution is -0.115. The Morgan fingerprint density at radius 1 is 1.26 bits per heavy atom. The summed E-state index contributed by atoms with van der Waals surface area (Å²) in [6.07, 6.45) is 1.65. The Morgan fingerprint density at radius 3 is 2.53 bits per heavy atom. The van der Waals surface area contributed by atoms with Gasteiger partial charge < -0.3 is 14.8 Å². The molecule has 7 heteroatoms. The topological polar surface area (TPSA) is 59.6 Å². The Balaban J connectivity index is 2.50. The first-order valence-corrected chi connectivity index (χ1v) is 6.51. The van der Waals surface area contributed by atoms with Gasteiger partial charge in [-0.15, -0.1) is 0 Å². The van der Waals surface area contributed by atoms with E-state index >= 15 is 0 Å². The van der Waals surface area contributed by atoms with Crippen LogP contribution in [0.3, 0.4) is 0 Å². The summed E-state index contributed by atoms with van der Waals surface area (Å²) in [5, 5.41) is 5.57. The van der Waals surface area contributed by atoms with Crippen LogP contribution in [0.25, 0.3) is 6.08 Å². The molecule has 1 amide bonds. The van der Waals surface area contributed by atoms with E-state index in [1.54, 1.807) is 26.4 Å². The monoisotopic (exact) mass is 342 g/mol. The number of nitrogens with one attached hydrogen (secondary N) is 2. The van der Waals surface area contributed by atoms with Gasteiger partial charge in [0, 0.05) is 10.0 Å². The molecule has 1 saturated heterocycles. The fraction of sp³-hybridized carbons (Fsp3) is 0.167. The van der Waals surface area contributed by atoms with Crippen molar-refractivity contribution in [2.45, 2.75) is 0 Å². The highest BCUT2D eigenvalue weighted by Crippen LogP contribution is 2.35. The van der Waals surface area contributed by atoms with Gasteiger partial charge in [-0.25, -0.2) is 0 Å². The predicted octanol–water partition coefficient (Wildman–Crippen LogP) is 1.81. The maximum atomic E-state index is 11.6. The molecule has 2 N–H and O–H groups in total. The molecule has 1 fully saturated rings. The summed E-state index contributed by atoms with van der Waals surface area (Å²) in [6.45, 7) is 0. The number of halogens is 1. The van der Waals surface area contributed by atoms with Crippen molar-refractivity contribution in [3.63, 3.8) is 0 Å². The van der Waals surface area contributed by atoms with Crippen molar-refractivity contribution < 1.29 is 14.3 Å². The third kappa shape index (κ3) is 2.87. The number of benzene rings is 1. The fourth-order valence-electron chi connectivity index (χ4n) is 1.70. The molecular weight excluding hydrogens is 332 g/mol. The van der Waals surface area contributed by atoms with Gasteiger partial charge in [-0.05, 0) is 30.4 Å². The van der Waals surface area contributed by atoms with Crippen molar-refractivity contribution in [1.82, 2.24) is 10.6 Å². The van der Waals surface area contributed by atoms with Crippen molar-refractivity contribution >= 4 is 45.2 Å². The molecule has 1 aliphatic rings. The standard InChI is InChI=1S/C12H11BrN2O3S/c1-17-9-5-7(13)3-6(10(9)18-2)4-8-11(16)15-12(19)14-8/h3-5H,1-2H3,(H2,14,15,16,19)/b8-4-. The van der Waals surface area contributed by atoms with E-state index < -0.39 is 0 Å². The maximum Gasteiger partial charge on any atom is 0.273 e. The molecule has 5 nitrogen and oxygen atoms in total. The van der Waals surface area contributed by atoms with Crippen LogP contribution in [0.1, 0.15) is 5.56 Å². The predicted molar refractivity (Wildman–Crippen MR) is 79.1 cm³/mol. The van der Waals surface area contributed by atoms with E-state index in [9.17, 15) is 4.79 Å². The Bertz CT molecular complexity index is 587. The quantitative estimate of drug-likeness (QED) is 0.648. The van der Waals surface area contributed by atoms with Gasteiger partial charge in [0.15, 0.2) is 16.6 Å². The number of rotatable bonds is 3. The van der Waals surface area contributed by atoms with Crippen LogP contribution < -0.4 is 20.1 Å². The zero-order valence-corrected chi connectivity index (χ0v) is 12.6. The van der Waals surface area contributed by atoms with Crippen molar-refractivity contribution in [3.05, 3.63) is 27.9 Å². The number of amides is 1. The zero-order valence-electron chi connectivity index (χ0n) is 10.2. The SMILES string of the molecule is COc1cc(Br)cc(/C=C2\NC(=S)NC2=O)c1OC. The molecule has 1 aromatic carbocycles. The molecule has 0 aromatic heterocycles. The highest BCUT2D eigenvalue weighted by atomic mass is 79.9. The van der Waals surface area contributed by atoms with E-state index in [2.05, 4.69) is 26.6 Å². The molecule has 1 heterocycles. The number of thiocarbonyl (C=S) groups is 1. The van der Waals surface area contributed by atoms with Crippen LogP contribution >= 0.6 is 28.1 Å². The molecule has 1 aliphatic heterocycles. The fourth-order valence-corrected chi connectivity index (χ4v) is 2.36. The van der Waals surface area contributed by atoms with Gasteiger partial charge in [-0.2, -0.15) is 0 Å². The minimum absolute atomic E-state index is 0.272.